The number of anilines is 1. The molecule has 4 rings (SSSR count). The quantitative estimate of drug-likeness (QED) is 0.600. The van der Waals surface area contributed by atoms with Gasteiger partial charge in [0.15, 0.2) is 0 Å². The van der Waals surface area contributed by atoms with Gasteiger partial charge in [0.1, 0.15) is 17.5 Å². The van der Waals surface area contributed by atoms with Crippen LogP contribution in [0.1, 0.15) is 30.9 Å². The highest BCUT2D eigenvalue weighted by atomic mass is 15.1. The molecule has 5 heteroatoms. The molecule has 0 amide bonds. The number of hydrogen-bond donors (Lipinski definition) is 1. The summed E-state index contributed by atoms with van der Waals surface area (Å²) in [6, 6.07) is 18.2. The molecule has 25 heavy (non-hydrogen) atoms. The molecule has 2 aromatic heterocycles. The standard InChI is InChI=1S/C20H17N5/c1-12(2)13-7-9-14(10-8-13)18-15(11-21)19(22)24-20-23-16-5-3-4-6-17(16)25(18)20/h3-10,12H,1-2H3,(H2,22,23,24). The number of fused-ring (bicyclic) bond motifs is 3. The summed E-state index contributed by atoms with van der Waals surface area (Å²) in [5.41, 5.74) is 11.0. The lowest BCUT2D eigenvalue weighted by Gasteiger charge is -2.12. The second-order valence-electron chi connectivity index (χ2n) is 6.35. The van der Waals surface area contributed by atoms with Gasteiger partial charge in [-0.05, 0) is 23.6 Å². The van der Waals surface area contributed by atoms with Gasteiger partial charge >= 0.3 is 0 Å². The van der Waals surface area contributed by atoms with E-state index in [9.17, 15) is 5.26 Å². The molecule has 4 aromatic rings. The highest BCUT2D eigenvalue weighted by Gasteiger charge is 2.18. The number of nitriles is 1. The Labute approximate surface area is 145 Å². The van der Waals surface area contributed by atoms with E-state index in [0.717, 1.165) is 22.3 Å². The van der Waals surface area contributed by atoms with Gasteiger partial charge in [-0.25, -0.2) is 4.98 Å². The van der Waals surface area contributed by atoms with Gasteiger partial charge in [0.25, 0.3) is 0 Å². The van der Waals surface area contributed by atoms with Crippen molar-refractivity contribution < 1.29 is 0 Å². The van der Waals surface area contributed by atoms with Crippen LogP contribution >= 0.6 is 0 Å². The highest BCUT2D eigenvalue weighted by molar-refractivity contribution is 5.86. The van der Waals surface area contributed by atoms with E-state index in [1.807, 2.05) is 40.8 Å². The molecule has 0 atom stereocenters. The summed E-state index contributed by atoms with van der Waals surface area (Å²) in [5.74, 6) is 1.15. The van der Waals surface area contributed by atoms with Crippen molar-refractivity contribution in [1.29, 1.82) is 5.26 Å². The Hall–Kier alpha value is -3.39. The average Bonchev–Trinajstić information content (AvgIpc) is 2.98. The SMILES string of the molecule is CC(C)c1ccc(-c2c(C#N)c(N)nc3nc4ccccc4n23)cc1. The van der Waals surface area contributed by atoms with E-state index in [2.05, 4.69) is 42.0 Å². The number of nitrogens with zero attached hydrogens (tertiary/aromatic N) is 4. The Bertz CT molecular complexity index is 1130. The number of aromatic nitrogens is 3. The van der Waals surface area contributed by atoms with Gasteiger partial charge in [-0.1, -0.05) is 50.2 Å². The molecule has 2 heterocycles. The number of rotatable bonds is 2. The zero-order valence-corrected chi connectivity index (χ0v) is 14.1. The maximum absolute atomic E-state index is 9.67. The first-order valence-corrected chi connectivity index (χ1v) is 8.17. The predicted molar refractivity (Wildman–Crippen MR) is 99.1 cm³/mol. The van der Waals surface area contributed by atoms with Crippen LogP contribution < -0.4 is 5.73 Å². The van der Waals surface area contributed by atoms with Crippen molar-refractivity contribution in [2.45, 2.75) is 19.8 Å². The molecule has 2 aromatic carbocycles. The normalized spacial score (nSPS) is 11.3. The van der Waals surface area contributed by atoms with Crippen LogP contribution in [0.5, 0.6) is 0 Å². The number of benzene rings is 2. The van der Waals surface area contributed by atoms with Crippen molar-refractivity contribution in [3.05, 3.63) is 59.7 Å². The van der Waals surface area contributed by atoms with Crippen molar-refractivity contribution >= 4 is 22.6 Å². The molecule has 0 saturated carbocycles. The van der Waals surface area contributed by atoms with Gasteiger partial charge in [-0.3, -0.25) is 4.40 Å². The fourth-order valence-corrected chi connectivity index (χ4v) is 3.12. The largest absolute Gasteiger partial charge is 0.382 e. The van der Waals surface area contributed by atoms with E-state index in [1.165, 1.54) is 5.56 Å². The summed E-state index contributed by atoms with van der Waals surface area (Å²) >= 11 is 0. The monoisotopic (exact) mass is 327 g/mol. The number of hydrogen-bond acceptors (Lipinski definition) is 4. The zero-order chi connectivity index (χ0) is 17.6. The summed E-state index contributed by atoms with van der Waals surface area (Å²) in [6.07, 6.45) is 0. The Morgan fingerprint density at radius 3 is 2.44 bits per heavy atom. The number of para-hydroxylation sites is 2. The summed E-state index contributed by atoms with van der Waals surface area (Å²) in [7, 11) is 0. The van der Waals surface area contributed by atoms with Gasteiger partial charge in [0, 0.05) is 5.56 Å². The molecule has 0 radical (unpaired) electrons. The van der Waals surface area contributed by atoms with E-state index < -0.39 is 0 Å². The summed E-state index contributed by atoms with van der Waals surface area (Å²) in [6.45, 7) is 4.31. The lowest BCUT2D eigenvalue weighted by molar-refractivity contribution is 0.867. The van der Waals surface area contributed by atoms with Crippen LogP contribution in [0, 0.1) is 11.3 Å². The second-order valence-corrected chi connectivity index (χ2v) is 6.35. The lowest BCUT2D eigenvalue weighted by atomic mass is 9.99. The van der Waals surface area contributed by atoms with Crippen LogP contribution in [0.2, 0.25) is 0 Å². The molecule has 0 aliphatic heterocycles. The molecule has 0 fully saturated rings. The zero-order valence-electron chi connectivity index (χ0n) is 14.1. The van der Waals surface area contributed by atoms with Gasteiger partial charge in [0.2, 0.25) is 5.78 Å². The molecule has 0 bridgehead atoms. The third-order valence-electron chi connectivity index (χ3n) is 4.44. The van der Waals surface area contributed by atoms with E-state index in [-0.39, 0.29) is 5.82 Å². The number of nitrogens with two attached hydrogens (primary N) is 1. The van der Waals surface area contributed by atoms with Crippen LogP contribution in [0.15, 0.2) is 48.5 Å². The average molecular weight is 327 g/mol. The van der Waals surface area contributed by atoms with Crippen molar-refractivity contribution in [2.75, 3.05) is 5.73 Å². The van der Waals surface area contributed by atoms with Gasteiger partial charge in [-0.2, -0.15) is 10.2 Å². The maximum Gasteiger partial charge on any atom is 0.237 e. The summed E-state index contributed by atoms with van der Waals surface area (Å²) in [5, 5.41) is 9.67. The molecule has 2 N–H and O–H groups in total. The maximum atomic E-state index is 9.67. The number of imidazole rings is 1. The first-order chi connectivity index (χ1) is 12.1. The third-order valence-corrected chi connectivity index (χ3v) is 4.44. The molecule has 0 aliphatic rings. The van der Waals surface area contributed by atoms with Gasteiger partial charge in [-0.15, -0.1) is 0 Å². The molecular formula is C20H17N5. The molecular weight excluding hydrogens is 310 g/mol. The molecule has 0 aliphatic carbocycles. The topological polar surface area (TPSA) is 80.0 Å². The first-order valence-electron chi connectivity index (χ1n) is 8.17. The Balaban J connectivity index is 2.11. The molecule has 5 nitrogen and oxygen atoms in total. The Morgan fingerprint density at radius 1 is 1.04 bits per heavy atom. The fraction of sp³-hybridized carbons (Fsp3) is 0.150. The molecule has 0 saturated heterocycles. The highest BCUT2D eigenvalue weighted by Crippen LogP contribution is 2.31. The fourth-order valence-electron chi connectivity index (χ4n) is 3.12. The van der Waals surface area contributed by atoms with Gasteiger partial charge < -0.3 is 5.73 Å². The van der Waals surface area contributed by atoms with Crippen LogP contribution in [0.4, 0.5) is 5.82 Å². The first kappa shape index (κ1) is 15.2. The molecule has 0 unspecified atom stereocenters. The minimum Gasteiger partial charge on any atom is -0.382 e. The van der Waals surface area contributed by atoms with Crippen LogP contribution in [0.25, 0.3) is 28.1 Å². The van der Waals surface area contributed by atoms with Crippen LogP contribution in [-0.2, 0) is 0 Å². The van der Waals surface area contributed by atoms with Crippen molar-refractivity contribution in [1.82, 2.24) is 14.4 Å². The molecule has 0 spiro atoms. The summed E-state index contributed by atoms with van der Waals surface area (Å²) < 4.78 is 1.91. The number of nitrogen functional groups attached to an aromatic ring is 1. The smallest absolute Gasteiger partial charge is 0.237 e. The van der Waals surface area contributed by atoms with Crippen molar-refractivity contribution in [3.63, 3.8) is 0 Å². The van der Waals surface area contributed by atoms with E-state index in [0.29, 0.717) is 17.3 Å². The van der Waals surface area contributed by atoms with Crippen LogP contribution in [-0.4, -0.2) is 14.4 Å². The van der Waals surface area contributed by atoms with Crippen molar-refractivity contribution in [2.24, 2.45) is 0 Å². The Morgan fingerprint density at radius 2 is 1.76 bits per heavy atom. The summed E-state index contributed by atoms with van der Waals surface area (Å²) in [4.78, 5) is 8.87. The van der Waals surface area contributed by atoms with E-state index >= 15 is 0 Å². The van der Waals surface area contributed by atoms with E-state index in [1.54, 1.807) is 0 Å². The third kappa shape index (κ3) is 2.31. The van der Waals surface area contributed by atoms with Crippen molar-refractivity contribution in [3.8, 4) is 17.3 Å². The van der Waals surface area contributed by atoms with Gasteiger partial charge in [0.05, 0.1) is 16.7 Å². The lowest BCUT2D eigenvalue weighted by Crippen LogP contribution is -2.04. The predicted octanol–water partition coefficient (Wildman–Crippen LogP) is 4.13. The van der Waals surface area contributed by atoms with E-state index in [4.69, 9.17) is 5.73 Å². The minimum atomic E-state index is 0.202. The minimum absolute atomic E-state index is 0.202. The Kier molecular flexibility index (Phi) is 3.40. The molecule has 122 valence electrons. The second kappa shape index (κ2) is 5.60. The van der Waals surface area contributed by atoms with Crippen LogP contribution in [0.3, 0.4) is 0 Å².